The molecule has 1 saturated carbocycles. The normalized spacial score (nSPS) is 19.5. The van der Waals surface area contributed by atoms with Crippen LogP contribution in [0.15, 0.2) is 29.4 Å². The largest absolute Gasteiger partial charge is 0.333 e. The number of rotatable bonds is 6. The highest BCUT2D eigenvalue weighted by atomic mass is 32.2. The van der Waals surface area contributed by atoms with Crippen LogP contribution in [0, 0.1) is 0 Å². The Morgan fingerprint density at radius 1 is 1.32 bits per heavy atom. The Morgan fingerprint density at radius 3 is 2.92 bits per heavy atom. The standard InChI is InChI=1S/C18H23N5OS/c1-22-18(19-20-21-22)25-12-11-17(24)23(14-9-10-14)16-8-4-6-13-5-2-3-7-15(13)16/h2-3,5,7,14,16H,4,6,8-12H2,1H3. The molecule has 0 aliphatic heterocycles. The van der Waals surface area contributed by atoms with Crippen LogP contribution in [0.5, 0.6) is 0 Å². The zero-order valence-electron chi connectivity index (χ0n) is 14.5. The van der Waals surface area contributed by atoms with E-state index in [0.29, 0.717) is 18.2 Å². The van der Waals surface area contributed by atoms with E-state index < -0.39 is 0 Å². The van der Waals surface area contributed by atoms with Crippen LogP contribution in [0.4, 0.5) is 0 Å². The maximum Gasteiger partial charge on any atom is 0.224 e. The molecule has 25 heavy (non-hydrogen) atoms. The molecule has 0 N–H and O–H groups in total. The summed E-state index contributed by atoms with van der Waals surface area (Å²) in [5.41, 5.74) is 2.77. The quantitative estimate of drug-likeness (QED) is 0.744. The van der Waals surface area contributed by atoms with Gasteiger partial charge in [-0.2, -0.15) is 0 Å². The summed E-state index contributed by atoms with van der Waals surface area (Å²) in [6.45, 7) is 0. The predicted octanol–water partition coefficient (Wildman–Crippen LogP) is 2.76. The van der Waals surface area contributed by atoms with E-state index in [1.165, 1.54) is 11.1 Å². The van der Waals surface area contributed by atoms with Crippen LogP contribution >= 0.6 is 11.8 Å². The lowest BCUT2D eigenvalue weighted by molar-refractivity contribution is -0.134. The van der Waals surface area contributed by atoms with Crippen molar-refractivity contribution in [3.8, 4) is 0 Å². The van der Waals surface area contributed by atoms with Crippen LogP contribution in [0.2, 0.25) is 0 Å². The highest BCUT2D eigenvalue weighted by molar-refractivity contribution is 7.99. The van der Waals surface area contributed by atoms with Crippen molar-refractivity contribution in [2.75, 3.05) is 5.75 Å². The van der Waals surface area contributed by atoms with Gasteiger partial charge in [-0.1, -0.05) is 36.0 Å². The fourth-order valence-electron chi connectivity index (χ4n) is 3.70. The van der Waals surface area contributed by atoms with Crippen molar-refractivity contribution in [2.24, 2.45) is 7.05 Å². The smallest absolute Gasteiger partial charge is 0.224 e. The minimum atomic E-state index is 0.256. The number of hydrogen-bond donors (Lipinski definition) is 0. The first-order valence-electron chi connectivity index (χ1n) is 8.98. The van der Waals surface area contributed by atoms with Crippen molar-refractivity contribution < 1.29 is 4.79 Å². The minimum absolute atomic E-state index is 0.256. The summed E-state index contributed by atoms with van der Waals surface area (Å²) in [4.78, 5) is 15.2. The zero-order valence-corrected chi connectivity index (χ0v) is 15.3. The second kappa shape index (κ2) is 7.15. The number of hydrogen-bond acceptors (Lipinski definition) is 5. The number of aromatic nitrogens is 4. The number of fused-ring (bicyclic) bond motifs is 1. The van der Waals surface area contributed by atoms with Crippen molar-refractivity contribution in [1.82, 2.24) is 25.1 Å². The molecular weight excluding hydrogens is 334 g/mol. The van der Waals surface area contributed by atoms with Gasteiger partial charge in [0, 0.05) is 25.3 Å². The summed E-state index contributed by atoms with van der Waals surface area (Å²) in [5, 5.41) is 12.2. The van der Waals surface area contributed by atoms with Crippen LogP contribution in [0.25, 0.3) is 0 Å². The number of benzene rings is 1. The third kappa shape index (κ3) is 3.56. The molecule has 2 aliphatic rings. The van der Waals surface area contributed by atoms with E-state index in [1.54, 1.807) is 16.4 Å². The van der Waals surface area contributed by atoms with Crippen molar-refractivity contribution in [1.29, 1.82) is 0 Å². The Hall–Kier alpha value is -1.89. The molecule has 1 aromatic heterocycles. The Kier molecular flexibility index (Phi) is 4.74. The molecule has 1 amide bonds. The lowest BCUT2D eigenvalue weighted by Gasteiger charge is -2.36. The number of aryl methyl sites for hydroxylation is 2. The number of nitrogens with zero attached hydrogens (tertiary/aromatic N) is 5. The third-order valence-corrected chi connectivity index (χ3v) is 6.04. The molecule has 0 saturated heterocycles. The van der Waals surface area contributed by atoms with Crippen molar-refractivity contribution in [3.05, 3.63) is 35.4 Å². The summed E-state index contributed by atoms with van der Waals surface area (Å²) >= 11 is 1.54. The monoisotopic (exact) mass is 357 g/mol. The summed E-state index contributed by atoms with van der Waals surface area (Å²) < 4.78 is 1.64. The number of carbonyl (C=O) groups excluding carboxylic acids is 1. The molecule has 1 aromatic carbocycles. The van der Waals surface area contributed by atoms with E-state index in [-0.39, 0.29) is 11.9 Å². The van der Waals surface area contributed by atoms with Gasteiger partial charge >= 0.3 is 0 Å². The SMILES string of the molecule is Cn1nnnc1SCCC(=O)N(C1CC1)C1CCCc2ccccc21. The van der Waals surface area contributed by atoms with Gasteiger partial charge in [-0.05, 0) is 53.7 Å². The molecule has 2 aliphatic carbocycles. The van der Waals surface area contributed by atoms with E-state index in [0.717, 1.165) is 37.3 Å². The second-order valence-corrected chi connectivity index (χ2v) is 7.88. The van der Waals surface area contributed by atoms with E-state index in [9.17, 15) is 4.79 Å². The molecule has 0 bridgehead atoms. The van der Waals surface area contributed by atoms with E-state index in [4.69, 9.17) is 0 Å². The predicted molar refractivity (Wildman–Crippen MR) is 96.1 cm³/mol. The Morgan fingerprint density at radius 2 is 2.16 bits per heavy atom. The average Bonchev–Trinajstić information content (AvgIpc) is 3.38. The summed E-state index contributed by atoms with van der Waals surface area (Å²) in [5.74, 6) is 0.983. The van der Waals surface area contributed by atoms with Gasteiger partial charge < -0.3 is 4.90 Å². The van der Waals surface area contributed by atoms with E-state index in [2.05, 4.69) is 44.7 Å². The van der Waals surface area contributed by atoms with Crippen LogP contribution in [0.3, 0.4) is 0 Å². The highest BCUT2D eigenvalue weighted by Gasteiger charge is 2.39. The Labute approximate surface area is 152 Å². The molecule has 7 heteroatoms. The molecule has 6 nitrogen and oxygen atoms in total. The van der Waals surface area contributed by atoms with Gasteiger partial charge in [0.25, 0.3) is 0 Å². The summed E-state index contributed by atoms with van der Waals surface area (Å²) in [6.07, 6.45) is 6.20. The van der Waals surface area contributed by atoms with Gasteiger partial charge in [0.2, 0.25) is 11.1 Å². The number of carbonyl (C=O) groups is 1. The van der Waals surface area contributed by atoms with Gasteiger partial charge in [0.1, 0.15) is 0 Å². The Balaban J connectivity index is 1.45. The molecule has 1 heterocycles. The van der Waals surface area contributed by atoms with Crippen molar-refractivity contribution in [3.63, 3.8) is 0 Å². The molecule has 2 aromatic rings. The molecule has 132 valence electrons. The van der Waals surface area contributed by atoms with Crippen LogP contribution < -0.4 is 0 Å². The second-order valence-electron chi connectivity index (χ2n) is 6.82. The number of thioether (sulfide) groups is 1. The number of amides is 1. The average molecular weight is 357 g/mol. The lowest BCUT2D eigenvalue weighted by atomic mass is 9.86. The van der Waals surface area contributed by atoms with Gasteiger partial charge in [-0.3, -0.25) is 4.79 Å². The molecule has 1 fully saturated rings. The molecule has 1 atom stereocenters. The fraction of sp³-hybridized carbons (Fsp3) is 0.556. The molecule has 0 spiro atoms. The summed E-state index contributed by atoms with van der Waals surface area (Å²) in [6, 6.07) is 9.33. The molecule has 4 rings (SSSR count). The minimum Gasteiger partial charge on any atom is -0.333 e. The first-order chi connectivity index (χ1) is 12.2. The van der Waals surface area contributed by atoms with Gasteiger partial charge in [0.15, 0.2) is 0 Å². The molecule has 0 radical (unpaired) electrons. The maximum absolute atomic E-state index is 13.0. The Bertz CT molecular complexity index is 757. The number of tetrazole rings is 1. The first kappa shape index (κ1) is 16.6. The van der Waals surface area contributed by atoms with Gasteiger partial charge in [0.05, 0.1) is 6.04 Å². The fourth-order valence-corrected chi connectivity index (χ4v) is 4.48. The summed E-state index contributed by atoms with van der Waals surface area (Å²) in [7, 11) is 1.82. The van der Waals surface area contributed by atoms with Crippen molar-refractivity contribution in [2.45, 2.75) is 55.8 Å². The van der Waals surface area contributed by atoms with Crippen LogP contribution in [-0.2, 0) is 18.3 Å². The maximum atomic E-state index is 13.0. The third-order valence-electron chi connectivity index (χ3n) is 5.03. The van der Waals surface area contributed by atoms with Crippen molar-refractivity contribution >= 4 is 17.7 Å². The molecule has 1 unspecified atom stereocenters. The van der Waals surface area contributed by atoms with Gasteiger partial charge in [-0.25, -0.2) is 4.68 Å². The van der Waals surface area contributed by atoms with Crippen LogP contribution in [0.1, 0.15) is 49.3 Å². The topological polar surface area (TPSA) is 63.9 Å². The zero-order chi connectivity index (χ0) is 17.2. The van der Waals surface area contributed by atoms with Gasteiger partial charge in [-0.15, -0.1) is 5.10 Å². The van der Waals surface area contributed by atoms with E-state index >= 15 is 0 Å². The van der Waals surface area contributed by atoms with E-state index in [1.807, 2.05) is 7.05 Å². The first-order valence-corrected chi connectivity index (χ1v) is 9.96. The van der Waals surface area contributed by atoms with Crippen LogP contribution in [-0.4, -0.2) is 42.8 Å². The lowest BCUT2D eigenvalue weighted by Crippen LogP contribution is -2.38. The highest BCUT2D eigenvalue weighted by Crippen LogP contribution is 2.41. The molecular formula is C18H23N5OS.